The Balaban J connectivity index is 3.04. The van der Waals surface area contributed by atoms with Crippen LogP contribution in [0, 0.1) is 5.41 Å². The van der Waals surface area contributed by atoms with Crippen LogP contribution in [-0.2, 0) is 22.4 Å². The van der Waals surface area contributed by atoms with Gasteiger partial charge in [0.1, 0.15) is 5.75 Å². The Kier molecular flexibility index (Phi) is 4.16. The smallest absolute Gasteiger partial charge is 0.309 e. The highest BCUT2D eigenvalue weighted by Gasteiger charge is 2.18. The van der Waals surface area contributed by atoms with Crippen molar-refractivity contribution in [2.24, 2.45) is 5.41 Å². The van der Waals surface area contributed by atoms with E-state index < -0.39 is 0 Å². The molecule has 0 bridgehead atoms. The number of carbonyl (C=O) groups is 1. The minimum Gasteiger partial charge on any atom is -0.508 e. The second-order valence-electron chi connectivity index (χ2n) is 5.41. The summed E-state index contributed by atoms with van der Waals surface area (Å²) >= 11 is 0. The number of esters is 1. The Morgan fingerprint density at radius 3 is 2.53 bits per heavy atom. The zero-order valence-corrected chi connectivity index (χ0v) is 10.9. The summed E-state index contributed by atoms with van der Waals surface area (Å²) in [6.45, 7) is 6.30. The number of carbonyl (C=O) groups excluding carboxylic acids is 1. The van der Waals surface area contributed by atoms with Crippen LogP contribution in [-0.4, -0.2) is 18.2 Å². The van der Waals surface area contributed by atoms with Crippen LogP contribution in [0.2, 0.25) is 0 Å². The summed E-state index contributed by atoms with van der Waals surface area (Å²) in [4.78, 5) is 11.3. The molecule has 0 aliphatic carbocycles. The third kappa shape index (κ3) is 4.10. The van der Waals surface area contributed by atoms with E-state index in [1.165, 1.54) is 7.11 Å². The van der Waals surface area contributed by atoms with Crippen LogP contribution in [0.5, 0.6) is 5.75 Å². The first-order chi connectivity index (χ1) is 7.83. The zero-order valence-electron chi connectivity index (χ0n) is 10.9. The van der Waals surface area contributed by atoms with Gasteiger partial charge in [-0.2, -0.15) is 0 Å². The molecular weight excluding hydrogens is 216 g/mol. The number of rotatable bonds is 3. The number of hydrogen-bond acceptors (Lipinski definition) is 3. The summed E-state index contributed by atoms with van der Waals surface area (Å²) < 4.78 is 4.66. The lowest BCUT2D eigenvalue weighted by Crippen LogP contribution is -2.13. The Bertz CT molecular complexity index is 402. The molecule has 94 valence electrons. The molecule has 0 aliphatic rings. The predicted octanol–water partition coefficient (Wildman–Crippen LogP) is 2.70. The molecule has 1 rings (SSSR count). The van der Waals surface area contributed by atoms with Crippen molar-refractivity contribution >= 4 is 5.97 Å². The van der Waals surface area contributed by atoms with E-state index in [0.29, 0.717) is 0 Å². The molecule has 0 spiro atoms. The van der Waals surface area contributed by atoms with Gasteiger partial charge in [0.25, 0.3) is 0 Å². The quantitative estimate of drug-likeness (QED) is 0.821. The first-order valence-electron chi connectivity index (χ1n) is 5.70. The zero-order chi connectivity index (χ0) is 13.1. The molecule has 1 N–H and O–H groups in total. The lowest BCUT2D eigenvalue weighted by atomic mass is 9.85. The van der Waals surface area contributed by atoms with Crippen LogP contribution >= 0.6 is 0 Å². The molecule has 3 nitrogen and oxygen atoms in total. The van der Waals surface area contributed by atoms with E-state index in [0.717, 1.165) is 17.5 Å². The average molecular weight is 236 g/mol. The van der Waals surface area contributed by atoms with E-state index in [1.54, 1.807) is 12.1 Å². The number of phenolic OH excluding ortho intramolecular Hbond substituents is 1. The number of phenols is 1. The fraction of sp³-hybridized carbons (Fsp3) is 0.500. The van der Waals surface area contributed by atoms with Crippen LogP contribution in [0.3, 0.4) is 0 Å². The average Bonchev–Trinajstić information content (AvgIpc) is 2.21. The molecule has 0 unspecified atom stereocenters. The Labute approximate surface area is 102 Å². The first-order valence-corrected chi connectivity index (χ1v) is 5.70. The van der Waals surface area contributed by atoms with Gasteiger partial charge < -0.3 is 9.84 Å². The normalized spacial score (nSPS) is 11.3. The van der Waals surface area contributed by atoms with Gasteiger partial charge in [-0.1, -0.05) is 32.9 Å². The summed E-state index contributed by atoms with van der Waals surface area (Å²) in [7, 11) is 1.37. The van der Waals surface area contributed by atoms with Crippen molar-refractivity contribution in [2.45, 2.75) is 33.6 Å². The van der Waals surface area contributed by atoms with Crippen molar-refractivity contribution in [3.8, 4) is 5.75 Å². The Morgan fingerprint density at radius 2 is 2.00 bits per heavy atom. The molecule has 1 aromatic rings. The number of aromatic hydroxyl groups is 1. The monoisotopic (exact) mass is 236 g/mol. The molecule has 0 aliphatic heterocycles. The van der Waals surface area contributed by atoms with Crippen molar-refractivity contribution < 1.29 is 14.6 Å². The van der Waals surface area contributed by atoms with Crippen molar-refractivity contribution in [1.29, 1.82) is 0 Å². The van der Waals surface area contributed by atoms with Crippen LogP contribution < -0.4 is 0 Å². The van der Waals surface area contributed by atoms with Gasteiger partial charge >= 0.3 is 5.97 Å². The lowest BCUT2D eigenvalue weighted by molar-refractivity contribution is -0.139. The summed E-state index contributed by atoms with van der Waals surface area (Å²) in [5, 5.41) is 9.89. The molecule has 0 aromatic heterocycles. The van der Waals surface area contributed by atoms with Crippen molar-refractivity contribution in [2.75, 3.05) is 7.11 Å². The highest BCUT2D eigenvalue weighted by Crippen LogP contribution is 2.29. The molecule has 0 heterocycles. The second-order valence-corrected chi connectivity index (χ2v) is 5.41. The highest BCUT2D eigenvalue weighted by atomic mass is 16.5. The number of ether oxygens (including phenoxy) is 1. The van der Waals surface area contributed by atoms with Gasteiger partial charge in [-0.3, -0.25) is 4.79 Å². The summed E-state index contributed by atoms with van der Waals surface area (Å²) in [6.07, 6.45) is 0.933. The maximum Gasteiger partial charge on any atom is 0.309 e. The van der Waals surface area contributed by atoms with E-state index in [-0.39, 0.29) is 23.6 Å². The maximum absolute atomic E-state index is 11.3. The van der Waals surface area contributed by atoms with E-state index >= 15 is 0 Å². The number of hydrogen-bond donors (Lipinski definition) is 1. The van der Waals surface area contributed by atoms with E-state index in [1.807, 2.05) is 6.07 Å². The molecule has 0 saturated carbocycles. The maximum atomic E-state index is 11.3. The van der Waals surface area contributed by atoms with Crippen LogP contribution in [0.15, 0.2) is 18.2 Å². The standard InChI is InChI=1S/C14H20O3/c1-14(2,3)9-11-10(8-13(16)17-4)6-5-7-12(11)15/h5-7,15H,8-9H2,1-4H3. The van der Waals surface area contributed by atoms with Crippen LogP contribution in [0.25, 0.3) is 0 Å². The molecule has 0 saturated heterocycles. The van der Waals surface area contributed by atoms with Crippen LogP contribution in [0.4, 0.5) is 0 Å². The SMILES string of the molecule is COC(=O)Cc1cccc(O)c1CC(C)(C)C. The summed E-state index contributed by atoms with van der Waals surface area (Å²) in [5.41, 5.74) is 1.74. The topological polar surface area (TPSA) is 46.5 Å². The Hall–Kier alpha value is -1.51. The molecule has 0 fully saturated rings. The molecule has 3 heteroatoms. The largest absolute Gasteiger partial charge is 0.508 e. The molecule has 0 amide bonds. The van der Waals surface area contributed by atoms with Crippen LogP contribution in [0.1, 0.15) is 31.9 Å². The van der Waals surface area contributed by atoms with Gasteiger partial charge in [0.2, 0.25) is 0 Å². The minimum absolute atomic E-state index is 0.0592. The second kappa shape index (κ2) is 5.21. The number of methoxy groups -OCH3 is 1. The molecule has 1 aromatic carbocycles. The third-order valence-electron chi connectivity index (χ3n) is 2.52. The van der Waals surface area contributed by atoms with Gasteiger partial charge in [0.05, 0.1) is 13.5 Å². The van der Waals surface area contributed by atoms with E-state index in [2.05, 4.69) is 25.5 Å². The van der Waals surface area contributed by atoms with Gasteiger partial charge in [-0.15, -0.1) is 0 Å². The summed E-state index contributed by atoms with van der Waals surface area (Å²) in [5.74, 6) is -0.0351. The highest BCUT2D eigenvalue weighted by molar-refractivity contribution is 5.73. The van der Waals surface area contributed by atoms with Gasteiger partial charge in [-0.25, -0.2) is 0 Å². The lowest BCUT2D eigenvalue weighted by Gasteiger charge is -2.21. The van der Waals surface area contributed by atoms with E-state index in [4.69, 9.17) is 0 Å². The number of benzene rings is 1. The fourth-order valence-electron chi connectivity index (χ4n) is 1.75. The van der Waals surface area contributed by atoms with Crippen molar-refractivity contribution in [3.05, 3.63) is 29.3 Å². The molecule has 0 radical (unpaired) electrons. The molecule has 17 heavy (non-hydrogen) atoms. The fourth-order valence-corrected chi connectivity index (χ4v) is 1.75. The predicted molar refractivity (Wildman–Crippen MR) is 67.0 cm³/mol. The Morgan fingerprint density at radius 1 is 1.35 bits per heavy atom. The van der Waals surface area contributed by atoms with Gasteiger partial charge in [-0.05, 0) is 29.0 Å². The minimum atomic E-state index is -0.286. The molecule has 0 atom stereocenters. The molecular formula is C14H20O3. The van der Waals surface area contributed by atoms with E-state index in [9.17, 15) is 9.90 Å². The van der Waals surface area contributed by atoms with Crippen molar-refractivity contribution in [3.63, 3.8) is 0 Å². The summed E-state index contributed by atoms with van der Waals surface area (Å²) in [6, 6.07) is 5.26. The first kappa shape index (κ1) is 13.6. The van der Waals surface area contributed by atoms with Crippen molar-refractivity contribution in [1.82, 2.24) is 0 Å². The third-order valence-corrected chi connectivity index (χ3v) is 2.52. The van der Waals surface area contributed by atoms with Gasteiger partial charge in [0.15, 0.2) is 0 Å². The van der Waals surface area contributed by atoms with Gasteiger partial charge in [0, 0.05) is 0 Å².